The molecule has 1 unspecified atom stereocenters. The van der Waals surface area contributed by atoms with Crippen LogP contribution in [-0.4, -0.2) is 21.5 Å². The predicted octanol–water partition coefficient (Wildman–Crippen LogP) is 3.94. The van der Waals surface area contributed by atoms with E-state index < -0.39 is 11.2 Å². The molecule has 146 valence electrons. The molecule has 1 aromatic heterocycles. The zero-order valence-electron chi connectivity index (χ0n) is 15.9. The first-order valence-corrected chi connectivity index (χ1v) is 11.7. The summed E-state index contributed by atoms with van der Waals surface area (Å²) in [6.07, 6.45) is 8.07. The van der Waals surface area contributed by atoms with Crippen molar-refractivity contribution < 1.29 is 9.35 Å². The Labute approximate surface area is 169 Å². The highest BCUT2D eigenvalue weighted by Gasteiger charge is 2.48. The summed E-state index contributed by atoms with van der Waals surface area (Å²) in [5, 5.41) is 3.72. The van der Waals surface area contributed by atoms with Crippen LogP contribution in [0.3, 0.4) is 0 Å². The van der Waals surface area contributed by atoms with E-state index in [0.717, 1.165) is 17.4 Å². The number of hydrogen-bond donors (Lipinski definition) is 1. The van der Waals surface area contributed by atoms with E-state index in [9.17, 15) is 9.35 Å². The molecule has 1 N–H and O–H groups in total. The Hall–Kier alpha value is -1.85. The summed E-state index contributed by atoms with van der Waals surface area (Å²) < 4.78 is 12.9. The van der Waals surface area contributed by atoms with Gasteiger partial charge in [0.2, 0.25) is 0 Å². The lowest BCUT2D eigenvalue weighted by Gasteiger charge is -2.54. The lowest BCUT2D eigenvalue weighted by molar-refractivity contribution is -0.0120. The van der Waals surface area contributed by atoms with Gasteiger partial charge in [0.05, 0.1) is 0 Å². The number of carbonyl (C=O) groups excluding carboxylic acids is 1. The number of carbonyl (C=O) groups is 1. The highest BCUT2D eigenvalue weighted by molar-refractivity contribution is 7.90. The number of aromatic nitrogens is 1. The van der Waals surface area contributed by atoms with Gasteiger partial charge in [-0.25, -0.2) is 4.98 Å². The first-order valence-electron chi connectivity index (χ1n) is 10.4. The zero-order chi connectivity index (χ0) is 19.1. The second-order valence-electron chi connectivity index (χ2n) is 8.76. The fourth-order valence-electron chi connectivity index (χ4n) is 5.93. The minimum atomic E-state index is -1.35. The molecule has 1 atom stereocenters. The standard InChI is InChI=1S/C23H26N2O2S/c26-22(25-21-18-10-16-9-17(12-18)13-19(21)11-16)20-7-4-8-24-23(20)28(27)14-15-5-2-1-3-6-15/h1-8,16-19,21H,9-14H2,(H,25,26). The molecule has 0 aliphatic heterocycles. The van der Waals surface area contributed by atoms with Crippen LogP contribution in [0.5, 0.6) is 0 Å². The Kier molecular flexibility index (Phi) is 4.89. The van der Waals surface area contributed by atoms with E-state index >= 15 is 0 Å². The van der Waals surface area contributed by atoms with Gasteiger partial charge in [0, 0.05) is 29.0 Å². The minimum Gasteiger partial charge on any atom is -0.610 e. The van der Waals surface area contributed by atoms with Crippen molar-refractivity contribution in [2.24, 2.45) is 23.7 Å². The third-order valence-electron chi connectivity index (χ3n) is 6.90. The molecule has 5 heteroatoms. The van der Waals surface area contributed by atoms with Crippen LogP contribution in [0.25, 0.3) is 0 Å². The van der Waals surface area contributed by atoms with Crippen LogP contribution in [0.15, 0.2) is 53.7 Å². The van der Waals surface area contributed by atoms with E-state index in [1.807, 2.05) is 30.3 Å². The maximum atomic E-state index is 13.1. The molecule has 4 aliphatic carbocycles. The second-order valence-corrected chi connectivity index (χ2v) is 10.1. The van der Waals surface area contributed by atoms with E-state index in [4.69, 9.17) is 0 Å². The number of rotatable bonds is 5. The van der Waals surface area contributed by atoms with Gasteiger partial charge in [-0.2, -0.15) is 0 Å². The molecule has 2 aromatic rings. The average Bonchev–Trinajstić information content (AvgIpc) is 2.71. The highest BCUT2D eigenvalue weighted by atomic mass is 32.2. The van der Waals surface area contributed by atoms with Crippen molar-refractivity contribution in [3.8, 4) is 0 Å². The van der Waals surface area contributed by atoms with Gasteiger partial charge in [-0.15, -0.1) is 0 Å². The molecule has 1 heterocycles. The Bertz CT molecular complexity index is 829. The number of hydrogen-bond acceptors (Lipinski definition) is 3. The van der Waals surface area contributed by atoms with Crippen molar-refractivity contribution in [2.45, 2.75) is 48.9 Å². The molecule has 4 nitrogen and oxygen atoms in total. The normalized spacial score (nSPS) is 31.5. The molecule has 4 bridgehead atoms. The van der Waals surface area contributed by atoms with Gasteiger partial charge in [0.1, 0.15) is 11.3 Å². The van der Waals surface area contributed by atoms with Crippen molar-refractivity contribution in [3.05, 3.63) is 59.8 Å². The Balaban J connectivity index is 1.33. The molecule has 0 radical (unpaired) electrons. The molecule has 28 heavy (non-hydrogen) atoms. The van der Waals surface area contributed by atoms with E-state index in [-0.39, 0.29) is 11.9 Å². The first-order chi connectivity index (χ1) is 13.7. The van der Waals surface area contributed by atoms with Crippen LogP contribution in [-0.2, 0) is 16.9 Å². The molecule has 1 aromatic carbocycles. The molecule has 4 saturated carbocycles. The summed E-state index contributed by atoms with van der Waals surface area (Å²) in [5.41, 5.74) is 1.45. The third-order valence-corrected chi connectivity index (χ3v) is 8.25. The van der Waals surface area contributed by atoms with Gasteiger partial charge >= 0.3 is 0 Å². The predicted molar refractivity (Wildman–Crippen MR) is 109 cm³/mol. The van der Waals surface area contributed by atoms with Crippen molar-refractivity contribution in [1.82, 2.24) is 10.3 Å². The van der Waals surface area contributed by atoms with Gasteiger partial charge in [-0.1, -0.05) is 30.3 Å². The van der Waals surface area contributed by atoms with Crippen LogP contribution in [0.4, 0.5) is 0 Å². The second kappa shape index (κ2) is 7.53. The summed E-state index contributed by atoms with van der Waals surface area (Å²) in [6, 6.07) is 13.5. The molecule has 1 amide bonds. The van der Waals surface area contributed by atoms with E-state index in [1.165, 1.54) is 32.1 Å². The molecular weight excluding hydrogens is 368 g/mol. The molecule has 6 rings (SSSR count). The smallest absolute Gasteiger partial charge is 0.258 e. The first kappa shape index (κ1) is 18.2. The van der Waals surface area contributed by atoms with Crippen LogP contribution in [0, 0.1) is 23.7 Å². The van der Waals surface area contributed by atoms with Gasteiger partial charge < -0.3 is 9.87 Å². The van der Waals surface area contributed by atoms with Gasteiger partial charge in [0.25, 0.3) is 10.9 Å². The van der Waals surface area contributed by atoms with Crippen LogP contribution >= 0.6 is 0 Å². The average molecular weight is 395 g/mol. The van der Waals surface area contributed by atoms with Gasteiger partial charge in [-0.3, -0.25) is 4.79 Å². The summed E-state index contributed by atoms with van der Waals surface area (Å²) in [4.78, 5) is 17.4. The summed E-state index contributed by atoms with van der Waals surface area (Å²) in [5.74, 6) is 3.26. The Morgan fingerprint density at radius 1 is 1.00 bits per heavy atom. The highest BCUT2D eigenvalue weighted by Crippen LogP contribution is 2.53. The maximum Gasteiger partial charge on any atom is 0.258 e. The molecular formula is C23H26N2O2S. The monoisotopic (exact) mass is 394 g/mol. The van der Waals surface area contributed by atoms with E-state index in [2.05, 4.69) is 10.3 Å². The van der Waals surface area contributed by atoms with Crippen molar-refractivity contribution in [1.29, 1.82) is 0 Å². The number of nitrogens with one attached hydrogen (secondary N) is 1. The number of benzene rings is 1. The maximum absolute atomic E-state index is 13.1. The van der Waals surface area contributed by atoms with Gasteiger partial charge in [0.15, 0.2) is 0 Å². The third kappa shape index (κ3) is 3.46. The fraction of sp³-hybridized carbons (Fsp3) is 0.478. The lowest BCUT2D eigenvalue weighted by Crippen LogP contribution is -2.55. The fourth-order valence-corrected chi connectivity index (χ4v) is 7.15. The molecule has 0 spiro atoms. The van der Waals surface area contributed by atoms with Crippen LogP contribution in [0.2, 0.25) is 0 Å². The summed E-state index contributed by atoms with van der Waals surface area (Å²) >= 11 is -1.35. The number of amides is 1. The molecule has 4 fully saturated rings. The van der Waals surface area contributed by atoms with Crippen LogP contribution in [0.1, 0.15) is 48.0 Å². The summed E-state index contributed by atoms with van der Waals surface area (Å²) in [6.45, 7) is 0. The van der Waals surface area contributed by atoms with Crippen molar-refractivity contribution >= 4 is 17.1 Å². The Morgan fingerprint density at radius 3 is 2.36 bits per heavy atom. The quantitative estimate of drug-likeness (QED) is 0.781. The lowest BCUT2D eigenvalue weighted by atomic mass is 9.54. The van der Waals surface area contributed by atoms with Crippen molar-refractivity contribution in [3.63, 3.8) is 0 Å². The largest absolute Gasteiger partial charge is 0.610 e. The topological polar surface area (TPSA) is 65.0 Å². The minimum absolute atomic E-state index is 0.109. The SMILES string of the molecule is O=C(NC1C2CC3CC(C2)CC1C3)c1cccnc1[S+]([O-])Cc1ccccc1. The van der Waals surface area contributed by atoms with E-state index in [0.29, 0.717) is 28.2 Å². The molecule has 4 aliphatic rings. The van der Waals surface area contributed by atoms with Crippen molar-refractivity contribution in [2.75, 3.05) is 0 Å². The van der Waals surface area contributed by atoms with Gasteiger partial charge in [-0.05, 0) is 67.9 Å². The number of nitrogens with zero attached hydrogens (tertiary/aromatic N) is 1. The van der Waals surface area contributed by atoms with Crippen LogP contribution < -0.4 is 5.32 Å². The summed E-state index contributed by atoms with van der Waals surface area (Å²) in [7, 11) is 0. The molecule has 0 saturated heterocycles. The number of pyridine rings is 1. The van der Waals surface area contributed by atoms with E-state index in [1.54, 1.807) is 18.3 Å². The Morgan fingerprint density at radius 2 is 1.68 bits per heavy atom. The zero-order valence-corrected chi connectivity index (χ0v) is 16.7.